The Morgan fingerprint density at radius 1 is 0.891 bits per heavy atom. The molecule has 0 atom stereocenters. The first-order valence-electron chi connectivity index (χ1n) is 15.3. The maximum Gasteiger partial charge on any atom is 0.441 e. The van der Waals surface area contributed by atoms with Crippen LogP contribution < -0.4 is 24.9 Å². The molecular weight excluding hydrogens is 604 g/mol. The molecule has 0 aliphatic carbocycles. The molecule has 0 saturated heterocycles. The highest BCUT2D eigenvalue weighted by molar-refractivity contribution is 6.76. The van der Waals surface area contributed by atoms with Crippen LogP contribution in [-0.2, 0) is 29.0 Å². The van der Waals surface area contributed by atoms with Gasteiger partial charge in [0.05, 0.1) is 25.6 Å². The number of anilines is 1. The van der Waals surface area contributed by atoms with E-state index >= 15 is 0 Å². The summed E-state index contributed by atoms with van der Waals surface area (Å²) in [6, 6.07) is 22.1. The van der Waals surface area contributed by atoms with Crippen molar-refractivity contribution in [3.63, 3.8) is 0 Å². The second-order valence-corrected chi connectivity index (χ2v) is 18.1. The van der Waals surface area contributed by atoms with Gasteiger partial charge in [-0.05, 0) is 59.6 Å². The third-order valence-corrected chi connectivity index (χ3v) is 9.41. The number of ether oxygens (including phenoxy) is 4. The average Bonchev–Trinajstić information content (AvgIpc) is 3.42. The Kier molecular flexibility index (Phi) is 10.6. The second kappa shape index (κ2) is 14.8. The molecule has 0 N–H and O–H groups in total. The normalized spacial score (nSPS) is 13.1. The van der Waals surface area contributed by atoms with Crippen LogP contribution in [0.5, 0.6) is 17.2 Å². The molecule has 46 heavy (non-hydrogen) atoms. The second-order valence-electron chi connectivity index (χ2n) is 12.4. The topological polar surface area (TPSA) is 108 Å². The van der Waals surface area contributed by atoms with Crippen molar-refractivity contribution in [1.82, 2.24) is 14.7 Å². The molecule has 0 bridgehead atoms. The number of hydrogen-bond donors (Lipinski definition) is 0. The molecule has 244 valence electrons. The monoisotopic (exact) mass is 646 g/mol. The van der Waals surface area contributed by atoms with Gasteiger partial charge in [-0.2, -0.15) is 4.68 Å². The van der Waals surface area contributed by atoms with Crippen LogP contribution in [0.15, 0.2) is 75.9 Å². The number of benzene rings is 3. The maximum absolute atomic E-state index is 13.0. The Balaban J connectivity index is 1.30. The van der Waals surface area contributed by atoms with Crippen molar-refractivity contribution >= 4 is 19.7 Å². The molecule has 0 spiro atoms. The van der Waals surface area contributed by atoms with Crippen LogP contribution in [0.4, 0.5) is 5.69 Å². The highest BCUT2D eigenvalue weighted by Gasteiger charge is 2.27. The summed E-state index contributed by atoms with van der Waals surface area (Å²) in [6.07, 6.45) is 0.415. The zero-order valence-electron chi connectivity index (χ0n) is 27.2. The number of amides is 1. The molecular formula is C34H42N4O7Si. The lowest BCUT2D eigenvalue weighted by atomic mass is 10.1. The minimum Gasteiger partial charge on any atom is -0.497 e. The molecule has 1 aliphatic rings. The molecule has 0 saturated carbocycles. The van der Waals surface area contributed by atoms with Gasteiger partial charge in [0.25, 0.3) is 5.91 Å². The summed E-state index contributed by atoms with van der Waals surface area (Å²) in [5.41, 5.74) is 3.25. The van der Waals surface area contributed by atoms with Gasteiger partial charge in [-0.25, -0.2) is 4.79 Å². The number of carbonyl (C=O) groups is 1. The average molecular weight is 647 g/mol. The van der Waals surface area contributed by atoms with Crippen LogP contribution in [0.25, 0.3) is 5.69 Å². The van der Waals surface area contributed by atoms with Gasteiger partial charge in [-0.15, -0.1) is 5.10 Å². The van der Waals surface area contributed by atoms with E-state index in [-0.39, 0.29) is 19.2 Å². The number of nitrogens with zero attached hydrogens (tertiary/aromatic N) is 4. The van der Waals surface area contributed by atoms with Crippen molar-refractivity contribution < 1.29 is 28.2 Å². The quantitative estimate of drug-likeness (QED) is 0.128. The predicted octanol–water partition coefficient (Wildman–Crippen LogP) is 5.13. The van der Waals surface area contributed by atoms with Gasteiger partial charge in [0.15, 0.2) is 6.61 Å². The van der Waals surface area contributed by atoms with Gasteiger partial charge in [-0.3, -0.25) is 14.6 Å². The molecule has 3 aromatic carbocycles. The molecule has 0 unspecified atom stereocenters. The number of rotatable bonds is 15. The summed E-state index contributed by atoms with van der Waals surface area (Å²) < 4.78 is 29.0. The first-order valence-corrected chi connectivity index (χ1v) is 19.0. The number of hydrogen-bond acceptors (Lipinski definition) is 9. The summed E-state index contributed by atoms with van der Waals surface area (Å²) in [7, 11) is 2.02. The van der Waals surface area contributed by atoms with Crippen LogP contribution in [0.1, 0.15) is 17.0 Å². The summed E-state index contributed by atoms with van der Waals surface area (Å²) in [4.78, 5) is 29.5. The van der Waals surface area contributed by atoms with Gasteiger partial charge in [-0.1, -0.05) is 43.9 Å². The van der Waals surface area contributed by atoms with Crippen molar-refractivity contribution in [2.45, 2.75) is 45.2 Å². The van der Waals surface area contributed by atoms with Gasteiger partial charge in [0, 0.05) is 40.7 Å². The van der Waals surface area contributed by atoms with Crippen LogP contribution in [0.3, 0.4) is 0 Å². The summed E-state index contributed by atoms with van der Waals surface area (Å²) in [5, 5.41) is 4.51. The molecule has 1 amide bonds. The van der Waals surface area contributed by atoms with Crippen LogP contribution in [0.2, 0.25) is 25.7 Å². The van der Waals surface area contributed by atoms with Crippen LogP contribution >= 0.6 is 0 Å². The fraction of sp³-hybridized carbons (Fsp3) is 0.382. The van der Waals surface area contributed by atoms with E-state index in [1.807, 2.05) is 48.5 Å². The minimum absolute atomic E-state index is 0.0681. The zero-order chi connectivity index (χ0) is 32.7. The fourth-order valence-corrected chi connectivity index (χ4v) is 5.78. The highest BCUT2D eigenvalue weighted by atomic mass is 28.3. The zero-order valence-corrected chi connectivity index (χ0v) is 28.2. The van der Waals surface area contributed by atoms with E-state index in [0.29, 0.717) is 55.7 Å². The van der Waals surface area contributed by atoms with E-state index < -0.39 is 13.8 Å². The van der Waals surface area contributed by atoms with Gasteiger partial charge in [0.1, 0.15) is 24.0 Å². The Labute approximate surface area is 270 Å². The number of aromatic nitrogens is 2. The SMILES string of the molecule is COc1ccc(CN(CCc2nn(-c3ccc4c(c3)N(COCC[Si](C)(C)C)C(=O)CO4)c(=O)o2)Cc2ccc(OC)cc2)cc1. The molecule has 11 nitrogen and oxygen atoms in total. The van der Waals surface area contributed by atoms with Gasteiger partial charge < -0.3 is 23.4 Å². The number of methoxy groups -OCH3 is 2. The first kappa shape index (κ1) is 33.0. The highest BCUT2D eigenvalue weighted by Crippen LogP contribution is 2.34. The maximum atomic E-state index is 13.0. The molecule has 0 radical (unpaired) electrons. The minimum atomic E-state index is -1.27. The van der Waals surface area contributed by atoms with Gasteiger partial charge >= 0.3 is 5.76 Å². The lowest BCUT2D eigenvalue weighted by Gasteiger charge is -2.29. The molecule has 2 heterocycles. The lowest BCUT2D eigenvalue weighted by molar-refractivity contribution is -0.122. The van der Waals surface area contributed by atoms with E-state index in [1.165, 1.54) is 4.68 Å². The van der Waals surface area contributed by atoms with E-state index in [1.54, 1.807) is 37.3 Å². The molecule has 0 fully saturated rings. The largest absolute Gasteiger partial charge is 0.497 e. The van der Waals surface area contributed by atoms with Crippen molar-refractivity contribution in [1.29, 1.82) is 0 Å². The molecule has 5 rings (SSSR count). The van der Waals surface area contributed by atoms with E-state index in [2.05, 4.69) is 29.6 Å². The Hall–Kier alpha value is -4.39. The first-order chi connectivity index (χ1) is 22.1. The molecule has 1 aromatic heterocycles. The van der Waals surface area contributed by atoms with Gasteiger partial charge in [0.2, 0.25) is 5.89 Å². The summed E-state index contributed by atoms with van der Waals surface area (Å²) >= 11 is 0. The summed E-state index contributed by atoms with van der Waals surface area (Å²) in [6.45, 7) is 9.40. The Bertz CT molecular complexity index is 1610. The number of fused-ring (bicyclic) bond motifs is 1. The summed E-state index contributed by atoms with van der Waals surface area (Å²) in [5.74, 6) is 1.65. The predicted molar refractivity (Wildman–Crippen MR) is 178 cm³/mol. The van der Waals surface area contributed by atoms with Crippen molar-refractivity contribution in [2.24, 2.45) is 0 Å². The van der Waals surface area contributed by atoms with Crippen LogP contribution in [0, 0.1) is 0 Å². The van der Waals surface area contributed by atoms with E-state index in [9.17, 15) is 9.59 Å². The van der Waals surface area contributed by atoms with Crippen molar-refractivity contribution in [2.75, 3.05) is 45.6 Å². The molecule has 12 heteroatoms. The lowest BCUT2D eigenvalue weighted by Crippen LogP contribution is -2.40. The van der Waals surface area contributed by atoms with Crippen LogP contribution in [-0.4, -0.2) is 69.4 Å². The third-order valence-electron chi connectivity index (χ3n) is 7.71. The van der Waals surface area contributed by atoms with Crippen molar-refractivity contribution in [3.8, 4) is 22.9 Å². The van der Waals surface area contributed by atoms with E-state index in [4.69, 9.17) is 23.4 Å². The fourth-order valence-electron chi connectivity index (χ4n) is 5.03. The standard InChI is InChI=1S/C34H42N4O7Si/c1-41-28-11-6-25(7-12-28)21-36(22-26-8-13-29(42-2)14-9-26)17-16-32-35-38(34(40)45-32)27-10-15-31-30(20-27)37(33(39)23-44-31)24-43-18-19-46(3,4)5/h6-15,20H,16-19,21-24H2,1-5H3. The third kappa shape index (κ3) is 8.65. The van der Waals surface area contributed by atoms with E-state index in [0.717, 1.165) is 28.7 Å². The Morgan fingerprint density at radius 2 is 1.52 bits per heavy atom. The Morgan fingerprint density at radius 3 is 2.11 bits per heavy atom. The number of carbonyl (C=O) groups excluding carboxylic acids is 1. The van der Waals surface area contributed by atoms with Crippen molar-refractivity contribution in [3.05, 3.63) is 94.3 Å². The smallest absolute Gasteiger partial charge is 0.441 e. The molecule has 4 aromatic rings. The molecule has 1 aliphatic heterocycles.